The standard InChI is InChI=1S/C22H24N6O/c1-26-10-8-15(9-11-26)16-6-7-21-23-13-20(28(21)14-16)22(29)25-18-4-3-5-19-17(18)12-24-27(19)2/h3-7,12-15H,8-11H2,1-2H3,(H,25,29). The van der Waals surface area contributed by atoms with Crippen LogP contribution in [0.15, 0.2) is 48.9 Å². The van der Waals surface area contributed by atoms with Crippen molar-refractivity contribution < 1.29 is 4.79 Å². The lowest BCUT2D eigenvalue weighted by molar-refractivity contribution is 0.102. The molecule has 1 amide bonds. The summed E-state index contributed by atoms with van der Waals surface area (Å²) in [7, 11) is 4.06. The van der Waals surface area contributed by atoms with Gasteiger partial charge in [0.05, 0.1) is 23.6 Å². The SMILES string of the molecule is CN1CCC(c2ccc3ncc(C(=O)Nc4cccc5c4cnn5C)n3c2)CC1. The number of likely N-dealkylation sites (tertiary alicyclic amines) is 1. The Morgan fingerprint density at radius 1 is 1.10 bits per heavy atom. The average molecular weight is 388 g/mol. The number of benzene rings is 1. The second-order valence-electron chi connectivity index (χ2n) is 7.87. The predicted molar refractivity (Wildman–Crippen MR) is 113 cm³/mol. The van der Waals surface area contributed by atoms with Crippen LogP contribution in [0.4, 0.5) is 5.69 Å². The van der Waals surface area contributed by atoms with E-state index in [1.807, 2.05) is 35.7 Å². The summed E-state index contributed by atoms with van der Waals surface area (Å²) in [5.41, 5.74) is 4.32. The van der Waals surface area contributed by atoms with Crippen LogP contribution < -0.4 is 5.32 Å². The van der Waals surface area contributed by atoms with E-state index in [2.05, 4.69) is 39.6 Å². The monoisotopic (exact) mass is 388 g/mol. The van der Waals surface area contributed by atoms with E-state index in [9.17, 15) is 4.79 Å². The fourth-order valence-corrected chi connectivity index (χ4v) is 4.22. The van der Waals surface area contributed by atoms with E-state index in [1.54, 1.807) is 17.1 Å². The second kappa shape index (κ2) is 7.00. The molecule has 148 valence electrons. The molecular formula is C22H24N6O. The Morgan fingerprint density at radius 2 is 1.93 bits per heavy atom. The van der Waals surface area contributed by atoms with E-state index < -0.39 is 0 Å². The number of nitrogens with one attached hydrogen (secondary N) is 1. The van der Waals surface area contributed by atoms with Gasteiger partial charge in [-0.1, -0.05) is 12.1 Å². The van der Waals surface area contributed by atoms with Crippen LogP contribution in [0.1, 0.15) is 34.8 Å². The Balaban J connectivity index is 1.46. The Kier molecular flexibility index (Phi) is 4.32. The molecule has 5 rings (SSSR count). The molecule has 1 aliphatic heterocycles. The Labute approximate surface area is 169 Å². The third-order valence-electron chi connectivity index (χ3n) is 5.99. The van der Waals surface area contributed by atoms with Crippen LogP contribution in [0.25, 0.3) is 16.6 Å². The van der Waals surface area contributed by atoms with Crippen molar-refractivity contribution in [2.24, 2.45) is 7.05 Å². The molecule has 3 aromatic heterocycles. The molecule has 4 aromatic rings. The number of piperidine rings is 1. The van der Waals surface area contributed by atoms with Crippen LogP contribution in [-0.2, 0) is 7.05 Å². The maximum Gasteiger partial charge on any atom is 0.274 e. The van der Waals surface area contributed by atoms with E-state index in [1.165, 1.54) is 5.56 Å². The number of fused-ring (bicyclic) bond motifs is 2. The molecule has 4 heterocycles. The Bertz CT molecular complexity index is 1200. The largest absolute Gasteiger partial charge is 0.320 e. The first kappa shape index (κ1) is 17.9. The van der Waals surface area contributed by atoms with Gasteiger partial charge in [0.25, 0.3) is 5.91 Å². The molecule has 29 heavy (non-hydrogen) atoms. The van der Waals surface area contributed by atoms with E-state index in [-0.39, 0.29) is 5.91 Å². The van der Waals surface area contributed by atoms with Crippen molar-refractivity contribution in [3.8, 4) is 0 Å². The number of carbonyl (C=O) groups excluding carboxylic acids is 1. The summed E-state index contributed by atoms with van der Waals surface area (Å²) >= 11 is 0. The molecule has 0 atom stereocenters. The molecule has 1 N–H and O–H groups in total. The van der Waals surface area contributed by atoms with Crippen molar-refractivity contribution in [1.82, 2.24) is 24.1 Å². The number of anilines is 1. The number of aromatic nitrogens is 4. The minimum absolute atomic E-state index is 0.172. The number of rotatable bonds is 3. The molecule has 0 bridgehead atoms. The summed E-state index contributed by atoms with van der Waals surface area (Å²) in [5.74, 6) is 0.354. The number of nitrogens with zero attached hydrogens (tertiary/aromatic N) is 5. The summed E-state index contributed by atoms with van der Waals surface area (Å²) in [6, 6.07) is 9.96. The second-order valence-corrected chi connectivity index (χ2v) is 7.87. The van der Waals surface area contributed by atoms with Gasteiger partial charge >= 0.3 is 0 Å². The molecule has 1 saturated heterocycles. The number of carbonyl (C=O) groups is 1. The van der Waals surface area contributed by atoms with E-state index >= 15 is 0 Å². The summed E-state index contributed by atoms with van der Waals surface area (Å²) in [6.45, 7) is 2.21. The first-order chi connectivity index (χ1) is 14.1. The lowest BCUT2D eigenvalue weighted by Crippen LogP contribution is -2.29. The zero-order valence-corrected chi connectivity index (χ0v) is 16.7. The Hall–Kier alpha value is -3.19. The van der Waals surface area contributed by atoms with Gasteiger partial charge in [-0.3, -0.25) is 13.9 Å². The van der Waals surface area contributed by atoms with Crippen LogP contribution >= 0.6 is 0 Å². The molecule has 1 fully saturated rings. The van der Waals surface area contributed by atoms with Crippen LogP contribution in [-0.4, -0.2) is 50.1 Å². The zero-order valence-electron chi connectivity index (χ0n) is 16.7. The van der Waals surface area contributed by atoms with Gasteiger partial charge in [0.15, 0.2) is 0 Å². The molecule has 1 aliphatic rings. The minimum Gasteiger partial charge on any atom is -0.320 e. The Morgan fingerprint density at radius 3 is 2.76 bits per heavy atom. The average Bonchev–Trinajstić information content (AvgIpc) is 3.33. The fourth-order valence-electron chi connectivity index (χ4n) is 4.22. The topological polar surface area (TPSA) is 67.5 Å². The number of amides is 1. The lowest BCUT2D eigenvalue weighted by Gasteiger charge is -2.29. The summed E-state index contributed by atoms with van der Waals surface area (Å²) in [5, 5.41) is 8.25. The van der Waals surface area contributed by atoms with Gasteiger partial charge < -0.3 is 10.2 Å². The number of pyridine rings is 1. The fraction of sp³-hybridized carbons (Fsp3) is 0.318. The van der Waals surface area contributed by atoms with Gasteiger partial charge in [-0.2, -0.15) is 5.10 Å². The number of hydrogen-bond donors (Lipinski definition) is 1. The van der Waals surface area contributed by atoms with E-state index in [4.69, 9.17) is 0 Å². The van der Waals surface area contributed by atoms with Crippen molar-refractivity contribution in [1.29, 1.82) is 0 Å². The molecule has 0 saturated carbocycles. The number of imidazole rings is 1. The molecule has 7 nitrogen and oxygen atoms in total. The smallest absolute Gasteiger partial charge is 0.274 e. The van der Waals surface area contributed by atoms with Crippen molar-refractivity contribution in [2.45, 2.75) is 18.8 Å². The molecule has 0 aliphatic carbocycles. The molecule has 1 aromatic carbocycles. The minimum atomic E-state index is -0.172. The van der Waals surface area contributed by atoms with Crippen LogP contribution in [0.3, 0.4) is 0 Å². The van der Waals surface area contributed by atoms with Gasteiger partial charge in [0.1, 0.15) is 11.3 Å². The third kappa shape index (κ3) is 3.17. The van der Waals surface area contributed by atoms with Crippen molar-refractivity contribution in [3.63, 3.8) is 0 Å². The van der Waals surface area contributed by atoms with Gasteiger partial charge in [-0.05, 0) is 62.7 Å². The van der Waals surface area contributed by atoms with Crippen LogP contribution in [0.2, 0.25) is 0 Å². The first-order valence-electron chi connectivity index (χ1n) is 9.98. The predicted octanol–water partition coefficient (Wildman–Crippen LogP) is 3.28. The van der Waals surface area contributed by atoms with E-state index in [0.717, 1.165) is 48.2 Å². The summed E-state index contributed by atoms with van der Waals surface area (Å²) in [6.07, 6.45) is 7.78. The van der Waals surface area contributed by atoms with Crippen molar-refractivity contribution in [3.05, 3.63) is 60.2 Å². The molecule has 0 spiro atoms. The molecule has 7 heteroatoms. The highest BCUT2D eigenvalue weighted by molar-refractivity contribution is 6.08. The highest BCUT2D eigenvalue weighted by Crippen LogP contribution is 2.28. The maximum absolute atomic E-state index is 13.1. The summed E-state index contributed by atoms with van der Waals surface area (Å²) < 4.78 is 3.71. The third-order valence-corrected chi connectivity index (χ3v) is 5.99. The molecule has 0 unspecified atom stereocenters. The highest BCUT2D eigenvalue weighted by Gasteiger charge is 2.20. The maximum atomic E-state index is 13.1. The number of aryl methyl sites for hydroxylation is 1. The number of hydrogen-bond acceptors (Lipinski definition) is 4. The first-order valence-corrected chi connectivity index (χ1v) is 9.98. The van der Waals surface area contributed by atoms with Gasteiger partial charge in [-0.15, -0.1) is 0 Å². The van der Waals surface area contributed by atoms with E-state index in [0.29, 0.717) is 11.6 Å². The quantitative estimate of drug-likeness (QED) is 0.585. The lowest BCUT2D eigenvalue weighted by atomic mass is 9.91. The van der Waals surface area contributed by atoms with Gasteiger partial charge in [-0.25, -0.2) is 4.98 Å². The van der Waals surface area contributed by atoms with Crippen molar-refractivity contribution in [2.75, 3.05) is 25.5 Å². The van der Waals surface area contributed by atoms with Gasteiger partial charge in [0, 0.05) is 18.6 Å². The normalized spacial score (nSPS) is 15.9. The van der Waals surface area contributed by atoms with Crippen molar-refractivity contribution >= 4 is 28.1 Å². The molecule has 0 radical (unpaired) electrons. The zero-order chi connectivity index (χ0) is 20.0. The summed E-state index contributed by atoms with van der Waals surface area (Å²) in [4.78, 5) is 19.9. The van der Waals surface area contributed by atoms with Crippen LogP contribution in [0, 0.1) is 0 Å². The van der Waals surface area contributed by atoms with Crippen LogP contribution in [0.5, 0.6) is 0 Å². The highest BCUT2D eigenvalue weighted by atomic mass is 16.1. The van der Waals surface area contributed by atoms with Gasteiger partial charge in [0.2, 0.25) is 0 Å². The molecular weight excluding hydrogens is 364 g/mol.